The predicted octanol–water partition coefficient (Wildman–Crippen LogP) is 3.91. The van der Waals surface area contributed by atoms with Crippen LogP contribution in [0.15, 0.2) is 47.8 Å². The molecule has 6 heteroatoms. The molecule has 0 aliphatic rings. The quantitative estimate of drug-likeness (QED) is 0.506. The van der Waals surface area contributed by atoms with Crippen molar-refractivity contribution < 1.29 is 19.1 Å². The van der Waals surface area contributed by atoms with E-state index in [9.17, 15) is 14.4 Å². The molecule has 1 aromatic carbocycles. The number of hydrogen-bond donors (Lipinski definition) is 1. The number of benzene rings is 1. The third-order valence-electron chi connectivity index (χ3n) is 3.83. The average Bonchev–Trinajstić information content (AvgIpc) is 3.19. The second-order valence-corrected chi connectivity index (χ2v) is 6.83. The molecule has 5 nitrogen and oxygen atoms in total. The minimum atomic E-state index is -0.545. The van der Waals surface area contributed by atoms with Crippen molar-refractivity contribution in [3.63, 3.8) is 0 Å². The summed E-state index contributed by atoms with van der Waals surface area (Å²) in [4.78, 5) is 36.3. The van der Waals surface area contributed by atoms with Crippen LogP contribution in [0.2, 0.25) is 0 Å². The highest BCUT2D eigenvalue weighted by molar-refractivity contribution is 7.12. The van der Waals surface area contributed by atoms with Gasteiger partial charge in [-0.15, -0.1) is 11.3 Å². The van der Waals surface area contributed by atoms with Crippen molar-refractivity contribution in [2.75, 3.05) is 6.61 Å². The maximum absolute atomic E-state index is 12.1. The largest absolute Gasteiger partial charge is 0.456 e. The first-order chi connectivity index (χ1) is 12.6. The molecular weight excluding hydrogens is 350 g/mol. The van der Waals surface area contributed by atoms with Gasteiger partial charge in [-0.05, 0) is 23.4 Å². The molecule has 0 saturated carbocycles. The van der Waals surface area contributed by atoms with Crippen LogP contribution >= 0.6 is 11.3 Å². The van der Waals surface area contributed by atoms with Gasteiger partial charge in [0.1, 0.15) is 0 Å². The van der Waals surface area contributed by atoms with Gasteiger partial charge in [0, 0.05) is 6.42 Å². The molecule has 1 heterocycles. The van der Waals surface area contributed by atoms with E-state index in [4.69, 9.17) is 4.74 Å². The summed E-state index contributed by atoms with van der Waals surface area (Å²) in [6.07, 6.45) is 1.79. The van der Waals surface area contributed by atoms with Crippen molar-refractivity contribution >= 4 is 29.0 Å². The highest BCUT2D eigenvalue weighted by Crippen LogP contribution is 2.18. The zero-order valence-corrected chi connectivity index (χ0v) is 15.6. The van der Waals surface area contributed by atoms with Gasteiger partial charge in [0.15, 0.2) is 12.4 Å². The van der Waals surface area contributed by atoms with Gasteiger partial charge >= 0.3 is 5.97 Å². The molecule has 0 fully saturated rings. The van der Waals surface area contributed by atoms with E-state index < -0.39 is 5.97 Å². The van der Waals surface area contributed by atoms with Crippen LogP contribution in [0.1, 0.15) is 53.9 Å². The van der Waals surface area contributed by atoms with Crippen molar-refractivity contribution in [2.24, 2.45) is 0 Å². The first-order valence-corrected chi connectivity index (χ1v) is 9.54. The highest BCUT2D eigenvalue weighted by atomic mass is 32.1. The lowest BCUT2D eigenvalue weighted by atomic mass is 10.0. The van der Waals surface area contributed by atoms with E-state index in [1.807, 2.05) is 42.6 Å². The Morgan fingerprint density at radius 1 is 1.08 bits per heavy atom. The van der Waals surface area contributed by atoms with Crippen LogP contribution in [0.5, 0.6) is 0 Å². The number of nitrogens with one attached hydrogen (secondary N) is 1. The fraction of sp³-hybridized carbons (Fsp3) is 0.350. The topological polar surface area (TPSA) is 72.5 Å². The van der Waals surface area contributed by atoms with Gasteiger partial charge in [0.25, 0.3) is 5.91 Å². The van der Waals surface area contributed by atoms with E-state index in [1.54, 1.807) is 12.1 Å². The maximum atomic E-state index is 12.1. The third kappa shape index (κ3) is 6.44. The highest BCUT2D eigenvalue weighted by Gasteiger charge is 2.16. The maximum Gasteiger partial charge on any atom is 0.306 e. The van der Waals surface area contributed by atoms with E-state index in [1.165, 1.54) is 11.3 Å². The molecule has 0 spiro atoms. The number of ether oxygens (including phenoxy) is 1. The summed E-state index contributed by atoms with van der Waals surface area (Å²) in [6.45, 7) is 1.71. The Bertz CT molecular complexity index is 713. The molecule has 1 atom stereocenters. The molecule has 1 amide bonds. The van der Waals surface area contributed by atoms with Crippen LogP contribution in [0.4, 0.5) is 0 Å². The number of carbonyl (C=O) groups excluding carboxylic acids is 3. The van der Waals surface area contributed by atoms with Gasteiger partial charge in [0.05, 0.1) is 17.3 Å². The van der Waals surface area contributed by atoms with E-state index in [0.717, 1.165) is 18.4 Å². The number of thiophene rings is 1. The molecule has 1 N–H and O–H groups in total. The number of hydrogen-bond acceptors (Lipinski definition) is 5. The summed E-state index contributed by atoms with van der Waals surface area (Å²) in [7, 11) is 0. The zero-order valence-electron chi connectivity index (χ0n) is 14.8. The van der Waals surface area contributed by atoms with Gasteiger partial charge in [-0.3, -0.25) is 14.4 Å². The van der Waals surface area contributed by atoms with Crippen molar-refractivity contribution in [1.82, 2.24) is 5.32 Å². The minimum absolute atomic E-state index is 0.0267. The van der Waals surface area contributed by atoms with Gasteiger partial charge in [0.2, 0.25) is 0 Å². The molecule has 26 heavy (non-hydrogen) atoms. The number of amides is 1. The first kappa shape index (κ1) is 19.8. The molecule has 0 saturated heterocycles. The van der Waals surface area contributed by atoms with Crippen LogP contribution in [0.25, 0.3) is 0 Å². The minimum Gasteiger partial charge on any atom is -0.456 e. The van der Waals surface area contributed by atoms with E-state index in [2.05, 4.69) is 5.32 Å². The summed E-state index contributed by atoms with van der Waals surface area (Å²) in [5.74, 6) is -0.976. The van der Waals surface area contributed by atoms with Crippen molar-refractivity contribution in [2.45, 2.75) is 38.6 Å². The molecule has 1 aromatic heterocycles. The molecule has 138 valence electrons. The fourth-order valence-corrected chi connectivity index (χ4v) is 3.22. The fourth-order valence-electron chi connectivity index (χ4n) is 2.53. The molecule has 2 aromatic rings. The van der Waals surface area contributed by atoms with Gasteiger partial charge in [-0.2, -0.15) is 0 Å². The summed E-state index contributed by atoms with van der Waals surface area (Å²) in [5.41, 5.74) is 1.02. The lowest BCUT2D eigenvalue weighted by Crippen LogP contribution is -2.32. The van der Waals surface area contributed by atoms with Crippen LogP contribution in [-0.4, -0.2) is 24.3 Å². The van der Waals surface area contributed by atoms with Gasteiger partial charge in [-0.1, -0.05) is 49.7 Å². The zero-order chi connectivity index (χ0) is 18.8. The number of ketones is 1. The molecular formula is C20H23NO4S. The van der Waals surface area contributed by atoms with Gasteiger partial charge < -0.3 is 10.1 Å². The molecule has 0 unspecified atom stereocenters. The van der Waals surface area contributed by atoms with Crippen LogP contribution in [0, 0.1) is 0 Å². The number of esters is 1. The predicted molar refractivity (Wildman–Crippen MR) is 101 cm³/mol. The van der Waals surface area contributed by atoms with Crippen molar-refractivity contribution in [3.8, 4) is 0 Å². The Balaban J connectivity index is 1.74. The van der Waals surface area contributed by atoms with E-state index in [0.29, 0.717) is 4.88 Å². The van der Waals surface area contributed by atoms with Crippen LogP contribution in [0.3, 0.4) is 0 Å². The van der Waals surface area contributed by atoms with E-state index >= 15 is 0 Å². The monoisotopic (exact) mass is 373 g/mol. The van der Waals surface area contributed by atoms with E-state index in [-0.39, 0.29) is 37.2 Å². The second-order valence-electron chi connectivity index (χ2n) is 5.88. The third-order valence-corrected chi connectivity index (χ3v) is 4.74. The average molecular weight is 373 g/mol. The standard InChI is InChI=1S/C20H23NO4S/c1-2-7-16(15-8-4-3-5-9-15)21-19(23)14-25-20(24)12-11-17(22)18-10-6-13-26-18/h3-6,8-10,13,16H,2,7,11-12,14H2,1H3,(H,21,23)/t16-/m1/s1. The molecule has 2 rings (SSSR count). The van der Waals surface area contributed by atoms with Crippen LogP contribution in [-0.2, 0) is 14.3 Å². The second kappa shape index (κ2) is 10.5. The summed E-state index contributed by atoms with van der Waals surface area (Å²) < 4.78 is 4.99. The summed E-state index contributed by atoms with van der Waals surface area (Å²) in [5, 5.41) is 4.71. The molecule has 0 aliphatic heterocycles. The molecule has 0 aliphatic carbocycles. The van der Waals surface area contributed by atoms with Crippen molar-refractivity contribution in [3.05, 3.63) is 58.3 Å². The lowest BCUT2D eigenvalue weighted by Gasteiger charge is -2.18. The van der Waals surface area contributed by atoms with Gasteiger partial charge in [-0.25, -0.2) is 0 Å². The lowest BCUT2D eigenvalue weighted by molar-refractivity contribution is -0.148. The summed E-state index contributed by atoms with van der Waals surface area (Å²) >= 11 is 1.34. The Hall–Kier alpha value is -2.47. The Labute approximate surface area is 157 Å². The molecule has 0 radical (unpaired) electrons. The number of Topliss-reactive ketones (excluding diaryl/α,β-unsaturated/α-hetero) is 1. The van der Waals surface area contributed by atoms with Crippen molar-refractivity contribution in [1.29, 1.82) is 0 Å². The van der Waals surface area contributed by atoms with Crippen LogP contribution < -0.4 is 5.32 Å². The smallest absolute Gasteiger partial charge is 0.306 e. The Morgan fingerprint density at radius 2 is 1.85 bits per heavy atom. The number of carbonyl (C=O) groups is 3. The molecule has 0 bridgehead atoms. The Morgan fingerprint density at radius 3 is 2.50 bits per heavy atom. The normalized spacial score (nSPS) is 11.6. The SMILES string of the molecule is CCC[C@@H](NC(=O)COC(=O)CCC(=O)c1cccs1)c1ccccc1. The number of rotatable bonds is 10. The Kier molecular flexibility index (Phi) is 8.02. The first-order valence-electron chi connectivity index (χ1n) is 8.66. The summed E-state index contributed by atoms with van der Waals surface area (Å²) in [6, 6.07) is 13.1.